The van der Waals surface area contributed by atoms with Crippen LogP contribution in [0.1, 0.15) is 46.9 Å². The SMILES string of the molecule is CCN1CCN(c2cc(C(=O)Nc3cccc([C@H](C)Cc4cncc(Cl)n4)c3)cc(C(F)(F)F)c2)CC1. The first kappa shape index (κ1) is 26.9. The van der Waals surface area contributed by atoms with E-state index in [2.05, 4.69) is 27.1 Å². The number of anilines is 2. The number of benzene rings is 2. The third-order valence-electron chi connectivity index (χ3n) is 6.58. The van der Waals surface area contributed by atoms with Crippen LogP contribution in [0.5, 0.6) is 0 Å². The van der Waals surface area contributed by atoms with Crippen molar-refractivity contribution in [3.8, 4) is 0 Å². The lowest BCUT2D eigenvalue weighted by Crippen LogP contribution is -2.46. The summed E-state index contributed by atoms with van der Waals surface area (Å²) in [6, 6.07) is 10.8. The molecule has 2 aromatic carbocycles. The predicted octanol–water partition coefficient (Wildman–Crippen LogP) is 5.89. The number of piperazine rings is 1. The fourth-order valence-corrected chi connectivity index (χ4v) is 4.61. The van der Waals surface area contributed by atoms with Gasteiger partial charge in [-0.1, -0.05) is 37.6 Å². The summed E-state index contributed by atoms with van der Waals surface area (Å²) in [5.41, 5.74) is 1.72. The predicted molar refractivity (Wildman–Crippen MR) is 139 cm³/mol. The summed E-state index contributed by atoms with van der Waals surface area (Å²) in [5, 5.41) is 3.09. The van der Waals surface area contributed by atoms with Gasteiger partial charge in [0.25, 0.3) is 5.91 Å². The number of hydrogen-bond donors (Lipinski definition) is 1. The van der Waals surface area contributed by atoms with E-state index in [1.54, 1.807) is 18.3 Å². The number of carbonyl (C=O) groups is 1. The van der Waals surface area contributed by atoms with Gasteiger partial charge in [-0.3, -0.25) is 9.78 Å². The summed E-state index contributed by atoms with van der Waals surface area (Å²) in [6.07, 6.45) is -0.848. The van der Waals surface area contributed by atoms with Crippen molar-refractivity contribution in [1.29, 1.82) is 0 Å². The third kappa shape index (κ3) is 6.99. The minimum Gasteiger partial charge on any atom is -0.369 e. The van der Waals surface area contributed by atoms with Crippen LogP contribution in [-0.4, -0.2) is 53.5 Å². The maximum absolute atomic E-state index is 13.7. The molecule has 0 saturated carbocycles. The molecule has 196 valence electrons. The molecule has 0 aliphatic carbocycles. The lowest BCUT2D eigenvalue weighted by Gasteiger charge is -2.36. The second-order valence-corrected chi connectivity index (χ2v) is 9.59. The number of nitrogens with zero attached hydrogens (tertiary/aromatic N) is 4. The van der Waals surface area contributed by atoms with Gasteiger partial charge in [-0.2, -0.15) is 13.2 Å². The van der Waals surface area contributed by atoms with Gasteiger partial charge in [-0.25, -0.2) is 4.98 Å². The monoisotopic (exact) mass is 531 g/mol. The average molecular weight is 532 g/mol. The average Bonchev–Trinajstić information content (AvgIpc) is 2.88. The van der Waals surface area contributed by atoms with E-state index in [0.717, 1.165) is 43.0 Å². The molecule has 6 nitrogen and oxygen atoms in total. The van der Waals surface area contributed by atoms with E-state index in [9.17, 15) is 18.0 Å². The summed E-state index contributed by atoms with van der Waals surface area (Å²) in [4.78, 5) is 25.6. The fraction of sp³-hybridized carbons (Fsp3) is 0.370. The van der Waals surface area contributed by atoms with Crippen molar-refractivity contribution >= 4 is 28.9 Å². The zero-order valence-electron chi connectivity index (χ0n) is 20.7. The van der Waals surface area contributed by atoms with Crippen molar-refractivity contribution in [2.75, 3.05) is 42.9 Å². The van der Waals surface area contributed by atoms with Crippen LogP contribution in [0.3, 0.4) is 0 Å². The number of hydrogen-bond acceptors (Lipinski definition) is 5. The van der Waals surface area contributed by atoms with E-state index >= 15 is 0 Å². The topological polar surface area (TPSA) is 61.4 Å². The maximum atomic E-state index is 13.7. The summed E-state index contributed by atoms with van der Waals surface area (Å²) >= 11 is 5.93. The Morgan fingerprint density at radius 3 is 2.54 bits per heavy atom. The number of aromatic nitrogens is 2. The first-order valence-electron chi connectivity index (χ1n) is 12.2. The summed E-state index contributed by atoms with van der Waals surface area (Å²) in [5.74, 6) is -0.545. The number of carbonyl (C=O) groups excluding carboxylic acids is 1. The van der Waals surface area contributed by atoms with E-state index in [4.69, 9.17) is 11.6 Å². The number of likely N-dealkylation sites (N-methyl/N-ethyl adjacent to an activating group) is 1. The quantitative estimate of drug-likeness (QED) is 0.412. The molecule has 0 radical (unpaired) electrons. The van der Waals surface area contributed by atoms with Gasteiger partial charge in [0, 0.05) is 49.3 Å². The van der Waals surface area contributed by atoms with Crippen LogP contribution >= 0.6 is 11.6 Å². The smallest absolute Gasteiger partial charge is 0.369 e. The van der Waals surface area contributed by atoms with Crippen LogP contribution in [0.25, 0.3) is 0 Å². The molecular formula is C27H29ClF3N5O. The van der Waals surface area contributed by atoms with Crippen LogP contribution in [0, 0.1) is 0 Å². The Morgan fingerprint density at radius 2 is 1.86 bits per heavy atom. The van der Waals surface area contributed by atoms with Crippen LogP contribution in [0.4, 0.5) is 24.5 Å². The summed E-state index contributed by atoms with van der Waals surface area (Å²) in [7, 11) is 0. The highest BCUT2D eigenvalue weighted by molar-refractivity contribution is 6.29. The largest absolute Gasteiger partial charge is 0.416 e. The maximum Gasteiger partial charge on any atom is 0.416 e. The van der Waals surface area contributed by atoms with E-state index in [0.29, 0.717) is 36.0 Å². The Bertz CT molecular complexity index is 1240. The Kier molecular flexibility index (Phi) is 8.34. The number of halogens is 4. The molecule has 0 spiro atoms. The second kappa shape index (κ2) is 11.5. The molecule has 3 aromatic rings. The van der Waals surface area contributed by atoms with Crippen LogP contribution < -0.4 is 10.2 Å². The molecule has 4 rings (SSSR count). The molecule has 1 amide bonds. The van der Waals surface area contributed by atoms with E-state index in [-0.39, 0.29) is 11.5 Å². The van der Waals surface area contributed by atoms with Crippen molar-refractivity contribution < 1.29 is 18.0 Å². The zero-order valence-corrected chi connectivity index (χ0v) is 21.5. The van der Waals surface area contributed by atoms with Crippen molar-refractivity contribution in [3.63, 3.8) is 0 Å². The highest BCUT2D eigenvalue weighted by atomic mass is 35.5. The molecule has 1 aromatic heterocycles. The van der Waals surface area contributed by atoms with Gasteiger partial charge in [0.2, 0.25) is 0 Å². The molecule has 1 fully saturated rings. The van der Waals surface area contributed by atoms with Gasteiger partial charge in [-0.05, 0) is 54.8 Å². The molecule has 1 saturated heterocycles. The van der Waals surface area contributed by atoms with Crippen molar-refractivity contribution in [3.05, 3.63) is 82.4 Å². The molecule has 1 aliphatic heterocycles. The van der Waals surface area contributed by atoms with E-state index in [1.807, 2.05) is 24.0 Å². The lowest BCUT2D eigenvalue weighted by molar-refractivity contribution is -0.137. The lowest BCUT2D eigenvalue weighted by atomic mass is 9.96. The van der Waals surface area contributed by atoms with E-state index in [1.165, 1.54) is 12.3 Å². The van der Waals surface area contributed by atoms with Gasteiger partial charge >= 0.3 is 6.18 Å². The fourth-order valence-electron chi connectivity index (χ4n) is 4.45. The molecule has 1 aliphatic rings. The number of rotatable bonds is 7. The van der Waals surface area contributed by atoms with Crippen LogP contribution in [-0.2, 0) is 12.6 Å². The summed E-state index contributed by atoms with van der Waals surface area (Å²) < 4.78 is 41.1. The Balaban J connectivity index is 1.53. The van der Waals surface area contributed by atoms with Gasteiger partial charge in [0.1, 0.15) is 5.15 Å². The molecule has 10 heteroatoms. The molecular weight excluding hydrogens is 503 g/mol. The minimum atomic E-state index is -4.56. The molecule has 0 unspecified atom stereocenters. The van der Waals surface area contributed by atoms with Crippen molar-refractivity contribution in [2.45, 2.75) is 32.4 Å². The Labute approximate surface area is 219 Å². The first-order valence-corrected chi connectivity index (χ1v) is 12.6. The van der Waals surface area contributed by atoms with Gasteiger partial charge in [0.05, 0.1) is 17.5 Å². The normalized spacial score (nSPS) is 15.5. The number of nitrogens with one attached hydrogen (secondary N) is 1. The Morgan fingerprint density at radius 1 is 1.11 bits per heavy atom. The molecule has 2 heterocycles. The second-order valence-electron chi connectivity index (χ2n) is 9.21. The molecule has 0 bridgehead atoms. The number of alkyl halides is 3. The molecule has 1 atom stereocenters. The third-order valence-corrected chi connectivity index (χ3v) is 6.76. The van der Waals surface area contributed by atoms with Gasteiger partial charge < -0.3 is 15.1 Å². The van der Waals surface area contributed by atoms with Gasteiger partial charge in [-0.15, -0.1) is 0 Å². The van der Waals surface area contributed by atoms with Gasteiger partial charge in [0.15, 0.2) is 0 Å². The molecule has 1 N–H and O–H groups in total. The van der Waals surface area contributed by atoms with Crippen molar-refractivity contribution in [1.82, 2.24) is 14.9 Å². The summed E-state index contributed by atoms with van der Waals surface area (Å²) in [6.45, 7) is 7.71. The number of amides is 1. The minimum absolute atomic E-state index is 0.0320. The standard InChI is InChI=1S/C27H29ClF3N5O/c1-3-35-7-9-36(10-8-35)24-14-20(12-21(15-24)27(29,30)31)26(37)34-22-6-4-5-19(13-22)18(2)11-23-16-32-17-25(28)33-23/h4-6,12-18H,3,7-11H2,1-2H3,(H,34,37)/t18-/m1/s1. The zero-order chi connectivity index (χ0) is 26.6. The first-order chi connectivity index (χ1) is 17.6. The van der Waals surface area contributed by atoms with E-state index < -0.39 is 17.6 Å². The van der Waals surface area contributed by atoms with Crippen LogP contribution in [0.15, 0.2) is 54.9 Å². The van der Waals surface area contributed by atoms with Crippen LogP contribution in [0.2, 0.25) is 5.15 Å². The molecule has 37 heavy (non-hydrogen) atoms. The van der Waals surface area contributed by atoms with Crippen molar-refractivity contribution in [2.24, 2.45) is 0 Å². The highest BCUT2D eigenvalue weighted by Gasteiger charge is 2.32. The highest BCUT2D eigenvalue weighted by Crippen LogP contribution is 2.34. The Hall–Kier alpha value is -3.17.